The van der Waals surface area contributed by atoms with Crippen LogP contribution in [0, 0.1) is 19.8 Å². The molecule has 3 aromatic heterocycles. The maximum Gasteiger partial charge on any atom is 0.254 e. The Balaban J connectivity index is 1.37. The number of pyridine rings is 2. The zero-order valence-electron chi connectivity index (χ0n) is 22.0. The highest BCUT2D eigenvalue weighted by Gasteiger charge is 2.37. The first-order valence-electron chi connectivity index (χ1n) is 13.2. The predicted octanol–water partition coefficient (Wildman–Crippen LogP) is 4.77. The number of likely N-dealkylation sites (tertiary alicyclic amines) is 1. The molecule has 5 rings (SSSR count). The third-order valence-electron chi connectivity index (χ3n) is 8.35. The van der Waals surface area contributed by atoms with E-state index in [0.29, 0.717) is 35.9 Å². The maximum absolute atomic E-state index is 13.5. The third kappa shape index (κ3) is 4.95. The number of halogens is 1. The number of amides is 1. The Morgan fingerprint density at radius 2 is 2.03 bits per heavy atom. The van der Waals surface area contributed by atoms with Gasteiger partial charge in [0.1, 0.15) is 11.8 Å². The van der Waals surface area contributed by atoms with Gasteiger partial charge in [0.05, 0.1) is 5.56 Å². The number of aromatic nitrogens is 3. The van der Waals surface area contributed by atoms with Crippen molar-refractivity contribution in [2.45, 2.75) is 76.2 Å². The van der Waals surface area contributed by atoms with Gasteiger partial charge in [-0.15, -0.1) is 11.8 Å². The lowest BCUT2D eigenvalue weighted by Gasteiger charge is -2.44. The number of rotatable bonds is 7. The van der Waals surface area contributed by atoms with E-state index in [0.717, 1.165) is 53.2 Å². The van der Waals surface area contributed by atoms with E-state index >= 15 is 0 Å². The van der Waals surface area contributed by atoms with Crippen LogP contribution in [-0.2, 0) is 6.54 Å². The largest absolute Gasteiger partial charge is 0.348 e. The first kappa shape index (κ1) is 26.0. The number of alkyl halides is 1. The first-order chi connectivity index (χ1) is 17.8. The number of aryl methyl sites for hydroxylation is 1. The lowest BCUT2D eigenvalue weighted by Crippen LogP contribution is -2.49. The zero-order chi connectivity index (χ0) is 26.3. The minimum Gasteiger partial charge on any atom is -0.348 e. The summed E-state index contributed by atoms with van der Waals surface area (Å²) in [6.45, 7) is 8.21. The molecule has 2 N–H and O–H groups in total. The topological polar surface area (TPSA) is 83.0 Å². The van der Waals surface area contributed by atoms with Gasteiger partial charge in [-0.3, -0.25) is 9.59 Å². The molecule has 0 unspecified atom stereocenters. The Morgan fingerprint density at radius 3 is 2.70 bits per heavy atom. The van der Waals surface area contributed by atoms with Gasteiger partial charge in [0, 0.05) is 52.1 Å². The molecule has 0 spiro atoms. The highest BCUT2D eigenvalue weighted by molar-refractivity contribution is 7.98. The smallest absolute Gasteiger partial charge is 0.254 e. The Morgan fingerprint density at radius 1 is 1.30 bits per heavy atom. The molecule has 0 aromatic carbocycles. The molecule has 1 atom stereocenters. The van der Waals surface area contributed by atoms with Crippen molar-refractivity contribution in [2.75, 3.05) is 19.3 Å². The van der Waals surface area contributed by atoms with Crippen molar-refractivity contribution >= 4 is 28.7 Å². The van der Waals surface area contributed by atoms with Gasteiger partial charge in [-0.05, 0) is 89.9 Å². The molecular weight excluding hydrogens is 489 g/mol. The van der Waals surface area contributed by atoms with Gasteiger partial charge in [0.25, 0.3) is 11.5 Å². The van der Waals surface area contributed by atoms with E-state index in [-0.39, 0.29) is 24.1 Å². The van der Waals surface area contributed by atoms with Crippen LogP contribution in [0.2, 0.25) is 0 Å². The minimum atomic E-state index is -0.622. The van der Waals surface area contributed by atoms with Gasteiger partial charge in [0.2, 0.25) is 0 Å². The number of nitrogens with zero attached hydrogens (tertiary/aromatic N) is 3. The van der Waals surface area contributed by atoms with Crippen molar-refractivity contribution in [1.82, 2.24) is 24.8 Å². The van der Waals surface area contributed by atoms with Gasteiger partial charge in [-0.1, -0.05) is 0 Å². The second-order valence-corrected chi connectivity index (χ2v) is 11.4. The van der Waals surface area contributed by atoms with Gasteiger partial charge in [-0.2, -0.15) is 0 Å². The summed E-state index contributed by atoms with van der Waals surface area (Å²) in [6, 6.07) is 6.33. The molecular formula is C28H36FN5O2S. The number of thioether (sulfide) groups is 1. The lowest BCUT2D eigenvalue weighted by atomic mass is 9.84. The normalized spacial score (nSPS) is 21.6. The van der Waals surface area contributed by atoms with Crippen LogP contribution in [0.15, 0.2) is 34.1 Å². The fourth-order valence-corrected chi connectivity index (χ4v) is 6.84. The van der Waals surface area contributed by atoms with Crippen molar-refractivity contribution in [2.24, 2.45) is 5.92 Å². The predicted molar refractivity (Wildman–Crippen MR) is 146 cm³/mol. The van der Waals surface area contributed by atoms with Crippen molar-refractivity contribution in [3.05, 3.63) is 57.3 Å². The van der Waals surface area contributed by atoms with E-state index in [9.17, 15) is 14.0 Å². The molecule has 1 aliphatic carbocycles. The van der Waals surface area contributed by atoms with E-state index in [1.165, 1.54) is 11.8 Å². The van der Waals surface area contributed by atoms with Gasteiger partial charge < -0.3 is 19.8 Å². The van der Waals surface area contributed by atoms with E-state index in [2.05, 4.69) is 31.7 Å². The Bertz CT molecular complexity index is 1350. The SMILES string of the molecule is CSc1cc(C)[nH]c(=O)c1CNC(=O)c1c(C)n([C@H](C)C2CCN(C3CC(F)C3)CC2)c2ncccc12. The average molecular weight is 526 g/mol. The zero-order valence-corrected chi connectivity index (χ0v) is 22.8. The van der Waals surface area contributed by atoms with Crippen LogP contribution in [0.1, 0.15) is 66.0 Å². The Kier molecular flexibility index (Phi) is 7.45. The molecule has 1 saturated heterocycles. The van der Waals surface area contributed by atoms with Crippen molar-refractivity contribution in [3.8, 4) is 0 Å². The minimum absolute atomic E-state index is 0.159. The van der Waals surface area contributed by atoms with Crippen LogP contribution < -0.4 is 10.9 Å². The van der Waals surface area contributed by atoms with Crippen LogP contribution >= 0.6 is 11.8 Å². The standard InChI is InChI=1S/C28H36FN5O2S/c1-16-12-24(37-4)23(27(35)32-16)15-31-28(36)25-18(3)34(26-22(25)6-5-9-30-26)17(2)19-7-10-33(11-8-19)21-13-20(29)14-21/h5-6,9,12,17,19-21H,7-8,10-11,13-15H2,1-4H3,(H,31,36)(H,32,35)/t17-,20?,21?/m1/s1. The maximum atomic E-state index is 13.5. The molecule has 1 saturated carbocycles. The molecule has 198 valence electrons. The number of carbonyl (C=O) groups excluding carboxylic acids is 1. The first-order valence-corrected chi connectivity index (χ1v) is 14.4. The number of H-pyrrole nitrogens is 1. The number of hydrogen-bond acceptors (Lipinski definition) is 5. The highest BCUT2D eigenvalue weighted by Crippen LogP contribution is 2.37. The summed E-state index contributed by atoms with van der Waals surface area (Å²) >= 11 is 1.50. The Labute approximate surface area is 221 Å². The third-order valence-corrected chi connectivity index (χ3v) is 9.15. The lowest BCUT2D eigenvalue weighted by molar-refractivity contribution is 0.0255. The van der Waals surface area contributed by atoms with Gasteiger partial charge in [0.15, 0.2) is 0 Å². The molecule has 1 amide bonds. The monoisotopic (exact) mass is 525 g/mol. The van der Waals surface area contributed by atoms with Crippen LogP contribution in [0.25, 0.3) is 11.0 Å². The number of piperidine rings is 1. The number of hydrogen-bond donors (Lipinski definition) is 2. The number of fused-ring (bicyclic) bond motifs is 1. The van der Waals surface area contributed by atoms with E-state index < -0.39 is 6.17 Å². The van der Waals surface area contributed by atoms with E-state index in [1.807, 2.05) is 38.3 Å². The van der Waals surface area contributed by atoms with Crippen molar-refractivity contribution in [3.63, 3.8) is 0 Å². The summed E-state index contributed by atoms with van der Waals surface area (Å²) in [5.74, 6) is 0.258. The summed E-state index contributed by atoms with van der Waals surface area (Å²) in [4.78, 5) is 36.9. The molecule has 0 bridgehead atoms. The summed E-state index contributed by atoms with van der Waals surface area (Å²) in [6.07, 6.45) is 6.54. The van der Waals surface area contributed by atoms with Crippen LogP contribution in [-0.4, -0.2) is 56.9 Å². The van der Waals surface area contributed by atoms with Crippen molar-refractivity contribution in [1.29, 1.82) is 0 Å². The van der Waals surface area contributed by atoms with Crippen LogP contribution in [0.4, 0.5) is 4.39 Å². The molecule has 2 fully saturated rings. The van der Waals surface area contributed by atoms with Crippen molar-refractivity contribution < 1.29 is 9.18 Å². The quantitative estimate of drug-likeness (QED) is 0.435. The molecule has 9 heteroatoms. The van der Waals surface area contributed by atoms with Crippen LogP contribution in [0.3, 0.4) is 0 Å². The molecule has 37 heavy (non-hydrogen) atoms. The molecule has 2 aliphatic rings. The fraction of sp³-hybridized carbons (Fsp3) is 0.536. The molecule has 1 aliphatic heterocycles. The number of aromatic amines is 1. The van der Waals surface area contributed by atoms with E-state index in [1.54, 1.807) is 6.20 Å². The summed E-state index contributed by atoms with van der Waals surface area (Å²) in [5.41, 5.74) is 3.52. The fourth-order valence-electron chi connectivity index (χ4n) is 6.13. The second kappa shape index (κ2) is 10.6. The molecule has 4 heterocycles. The molecule has 7 nitrogen and oxygen atoms in total. The summed E-state index contributed by atoms with van der Waals surface area (Å²) in [7, 11) is 0. The number of nitrogens with one attached hydrogen (secondary N) is 2. The summed E-state index contributed by atoms with van der Waals surface area (Å²) < 4.78 is 15.6. The van der Waals surface area contributed by atoms with Gasteiger partial charge in [-0.25, -0.2) is 9.37 Å². The average Bonchev–Trinajstić information content (AvgIpc) is 3.17. The highest BCUT2D eigenvalue weighted by atomic mass is 32.2. The number of carbonyl (C=O) groups is 1. The molecule has 0 radical (unpaired) electrons. The Hall–Kier alpha value is -2.65. The molecule has 3 aromatic rings. The van der Waals surface area contributed by atoms with Crippen LogP contribution in [0.5, 0.6) is 0 Å². The second-order valence-electron chi connectivity index (χ2n) is 10.6. The summed E-state index contributed by atoms with van der Waals surface area (Å²) in [5, 5.41) is 3.83. The van der Waals surface area contributed by atoms with E-state index in [4.69, 9.17) is 0 Å². The van der Waals surface area contributed by atoms with Gasteiger partial charge >= 0.3 is 0 Å².